The van der Waals surface area contributed by atoms with E-state index in [1.54, 1.807) is 0 Å². The smallest absolute Gasteiger partial charge is 0.119 e. The van der Waals surface area contributed by atoms with Crippen LogP contribution < -0.4 is 10.1 Å². The summed E-state index contributed by atoms with van der Waals surface area (Å²) in [6.45, 7) is 4.92. The molecule has 2 N–H and O–H groups in total. The molecular weight excluding hydrogens is 262 g/mol. The number of hydrogen-bond donors (Lipinski definition) is 2. The van der Waals surface area contributed by atoms with Crippen molar-refractivity contribution in [1.29, 1.82) is 0 Å². The number of para-hydroxylation sites is 1. The Morgan fingerprint density at radius 1 is 1.10 bits per heavy atom. The fourth-order valence-corrected chi connectivity index (χ4v) is 2.07. The first kappa shape index (κ1) is 15.4. The van der Waals surface area contributed by atoms with Gasteiger partial charge in [-0.05, 0) is 42.7 Å². The molecule has 2 aromatic rings. The van der Waals surface area contributed by atoms with Crippen molar-refractivity contribution >= 4 is 5.69 Å². The first-order valence-electron chi connectivity index (χ1n) is 7.38. The molecule has 112 valence electrons. The second-order valence-corrected chi connectivity index (χ2v) is 5.16. The van der Waals surface area contributed by atoms with Crippen LogP contribution in [0.1, 0.15) is 18.1 Å². The van der Waals surface area contributed by atoms with E-state index in [9.17, 15) is 5.11 Å². The number of rotatable bonds is 7. The van der Waals surface area contributed by atoms with Crippen LogP contribution in [0.2, 0.25) is 0 Å². The van der Waals surface area contributed by atoms with E-state index in [-0.39, 0.29) is 6.61 Å². The number of aliphatic hydroxyl groups is 1. The molecule has 0 saturated carbocycles. The van der Waals surface area contributed by atoms with Gasteiger partial charge < -0.3 is 15.2 Å². The number of ether oxygens (including phenoxy) is 1. The van der Waals surface area contributed by atoms with Gasteiger partial charge in [-0.25, -0.2) is 0 Å². The Hall–Kier alpha value is -2.00. The van der Waals surface area contributed by atoms with E-state index in [0.29, 0.717) is 6.54 Å². The topological polar surface area (TPSA) is 41.5 Å². The van der Waals surface area contributed by atoms with E-state index in [2.05, 4.69) is 12.2 Å². The molecule has 0 radical (unpaired) electrons. The molecular formula is C18H23NO2. The van der Waals surface area contributed by atoms with Crippen LogP contribution in [0.25, 0.3) is 0 Å². The van der Waals surface area contributed by atoms with Crippen LogP contribution in [0.15, 0.2) is 48.5 Å². The lowest BCUT2D eigenvalue weighted by atomic mass is 10.2. The summed E-state index contributed by atoms with van der Waals surface area (Å²) >= 11 is 0. The Morgan fingerprint density at radius 2 is 1.81 bits per heavy atom. The Kier molecular flexibility index (Phi) is 5.64. The minimum atomic E-state index is -0.546. The molecule has 21 heavy (non-hydrogen) atoms. The van der Waals surface area contributed by atoms with Gasteiger partial charge in [-0.15, -0.1) is 0 Å². The van der Waals surface area contributed by atoms with Crippen LogP contribution in [-0.2, 0) is 6.42 Å². The zero-order chi connectivity index (χ0) is 15.1. The highest BCUT2D eigenvalue weighted by Gasteiger charge is 2.06. The Bertz CT molecular complexity index is 551. The Labute approximate surface area is 126 Å². The molecule has 0 aliphatic heterocycles. The van der Waals surface area contributed by atoms with Gasteiger partial charge in [0, 0.05) is 12.2 Å². The fraction of sp³-hybridized carbons (Fsp3) is 0.333. The maximum Gasteiger partial charge on any atom is 0.119 e. The van der Waals surface area contributed by atoms with E-state index in [0.717, 1.165) is 17.9 Å². The lowest BCUT2D eigenvalue weighted by molar-refractivity contribution is 0.117. The maximum atomic E-state index is 9.98. The van der Waals surface area contributed by atoms with E-state index in [1.165, 1.54) is 11.1 Å². The van der Waals surface area contributed by atoms with Crippen LogP contribution in [-0.4, -0.2) is 24.4 Å². The molecule has 0 aliphatic carbocycles. The van der Waals surface area contributed by atoms with Gasteiger partial charge in [0.05, 0.1) is 0 Å². The molecule has 0 spiro atoms. The van der Waals surface area contributed by atoms with E-state index in [1.807, 2.05) is 55.5 Å². The first-order valence-corrected chi connectivity index (χ1v) is 7.38. The van der Waals surface area contributed by atoms with Crippen molar-refractivity contribution in [2.75, 3.05) is 18.5 Å². The van der Waals surface area contributed by atoms with Gasteiger partial charge in [0.2, 0.25) is 0 Å². The van der Waals surface area contributed by atoms with Crippen LogP contribution >= 0.6 is 0 Å². The number of anilines is 1. The predicted octanol–water partition coefficient (Wildman–Crippen LogP) is 3.41. The normalized spacial score (nSPS) is 12.0. The van der Waals surface area contributed by atoms with Crippen molar-refractivity contribution in [3.05, 3.63) is 59.7 Å². The van der Waals surface area contributed by atoms with Gasteiger partial charge in [0.1, 0.15) is 18.5 Å². The number of aliphatic hydroxyl groups excluding tert-OH is 1. The number of benzene rings is 2. The third kappa shape index (κ3) is 4.80. The summed E-state index contributed by atoms with van der Waals surface area (Å²) in [6, 6.07) is 16.0. The number of nitrogens with one attached hydrogen (secondary N) is 1. The lowest BCUT2D eigenvalue weighted by Gasteiger charge is -2.15. The zero-order valence-corrected chi connectivity index (χ0v) is 12.7. The molecule has 3 nitrogen and oxygen atoms in total. The molecule has 0 heterocycles. The van der Waals surface area contributed by atoms with Gasteiger partial charge in [0.25, 0.3) is 0 Å². The van der Waals surface area contributed by atoms with Gasteiger partial charge in [-0.3, -0.25) is 0 Å². The molecule has 1 unspecified atom stereocenters. The summed E-state index contributed by atoms with van der Waals surface area (Å²) in [5.41, 5.74) is 3.49. The number of aryl methyl sites for hydroxylation is 2. The Balaban J connectivity index is 1.76. The third-order valence-corrected chi connectivity index (χ3v) is 3.45. The highest BCUT2D eigenvalue weighted by Crippen LogP contribution is 2.14. The van der Waals surface area contributed by atoms with Crippen molar-refractivity contribution in [2.45, 2.75) is 26.4 Å². The van der Waals surface area contributed by atoms with Crippen molar-refractivity contribution < 1.29 is 9.84 Å². The molecule has 0 fully saturated rings. The zero-order valence-electron chi connectivity index (χ0n) is 12.7. The second-order valence-electron chi connectivity index (χ2n) is 5.16. The summed E-state index contributed by atoms with van der Waals surface area (Å²) in [6.07, 6.45) is 0.471. The van der Waals surface area contributed by atoms with Crippen molar-refractivity contribution in [3.63, 3.8) is 0 Å². The van der Waals surface area contributed by atoms with Crippen molar-refractivity contribution in [2.24, 2.45) is 0 Å². The van der Waals surface area contributed by atoms with Gasteiger partial charge >= 0.3 is 0 Å². The van der Waals surface area contributed by atoms with Gasteiger partial charge in [-0.1, -0.05) is 37.3 Å². The summed E-state index contributed by atoms with van der Waals surface area (Å²) in [4.78, 5) is 0. The second kappa shape index (κ2) is 7.70. The monoisotopic (exact) mass is 285 g/mol. The SMILES string of the molecule is CCc1ccc(OCC(O)CNc2ccccc2C)cc1. The molecule has 2 aromatic carbocycles. The molecule has 2 rings (SSSR count). The summed E-state index contributed by atoms with van der Waals surface area (Å²) in [7, 11) is 0. The molecule has 3 heteroatoms. The predicted molar refractivity (Wildman–Crippen MR) is 87.0 cm³/mol. The summed E-state index contributed by atoms with van der Waals surface area (Å²) in [5, 5.41) is 13.2. The molecule has 0 bridgehead atoms. The quantitative estimate of drug-likeness (QED) is 0.819. The number of hydrogen-bond acceptors (Lipinski definition) is 3. The van der Waals surface area contributed by atoms with Crippen LogP contribution in [0.3, 0.4) is 0 Å². The molecule has 0 aromatic heterocycles. The molecule has 0 saturated heterocycles. The van der Waals surface area contributed by atoms with Gasteiger partial charge in [-0.2, -0.15) is 0 Å². The van der Waals surface area contributed by atoms with E-state index in [4.69, 9.17) is 4.74 Å². The van der Waals surface area contributed by atoms with Gasteiger partial charge in [0.15, 0.2) is 0 Å². The highest BCUT2D eigenvalue weighted by molar-refractivity contribution is 5.50. The lowest BCUT2D eigenvalue weighted by Crippen LogP contribution is -2.26. The molecule has 0 amide bonds. The largest absolute Gasteiger partial charge is 0.491 e. The summed E-state index contributed by atoms with van der Waals surface area (Å²) < 4.78 is 5.60. The Morgan fingerprint density at radius 3 is 2.48 bits per heavy atom. The molecule has 0 aliphatic rings. The highest BCUT2D eigenvalue weighted by atomic mass is 16.5. The van der Waals surface area contributed by atoms with Crippen molar-refractivity contribution in [3.8, 4) is 5.75 Å². The van der Waals surface area contributed by atoms with E-state index >= 15 is 0 Å². The van der Waals surface area contributed by atoms with Crippen molar-refractivity contribution in [1.82, 2.24) is 0 Å². The average Bonchev–Trinajstić information content (AvgIpc) is 2.52. The minimum absolute atomic E-state index is 0.282. The minimum Gasteiger partial charge on any atom is -0.491 e. The standard InChI is InChI=1S/C18H23NO2/c1-3-15-8-10-17(11-9-15)21-13-16(20)12-19-18-7-5-4-6-14(18)2/h4-11,16,19-20H,3,12-13H2,1-2H3. The van der Waals surface area contributed by atoms with Crippen LogP contribution in [0.5, 0.6) is 5.75 Å². The first-order chi connectivity index (χ1) is 10.2. The molecule has 1 atom stereocenters. The average molecular weight is 285 g/mol. The van der Waals surface area contributed by atoms with Crippen LogP contribution in [0, 0.1) is 6.92 Å². The van der Waals surface area contributed by atoms with E-state index < -0.39 is 6.10 Å². The summed E-state index contributed by atoms with van der Waals surface area (Å²) in [5.74, 6) is 0.794. The van der Waals surface area contributed by atoms with Crippen LogP contribution in [0.4, 0.5) is 5.69 Å². The third-order valence-electron chi connectivity index (χ3n) is 3.45. The maximum absolute atomic E-state index is 9.98. The fourth-order valence-electron chi connectivity index (χ4n) is 2.07.